The predicted molar refractivity (Wildman–Crippen MR) is 81.9 cm³/mol. The zero-order valence-corrected chi connectivity index (χ0v) is 12.4. The van der Waals surface area contributed by atoms with E-state index in [2.05, 4.69) is 4.90 Å². The van der Waals surface area contributed by atoms with Crippen molar-refractivity contribution in [1.82, 2.24) is 9.80 Å². The normalized spacial score (nSPS) is 16.2. The van der Waals surface area contributed by atoms with Crippen LogP contribution in [0.4, 0.5) is 0 Å². The van der Waals surface area contributed by atoms with Gasteiger partial charge in [0.15, 0.2) is 0 Å². The molecule has 0 atom stereocenters. The van der Waals surface area contributed by atoms with Gasteiger partial charge in [-0.1, -0.05) is 24.4 Å². The quantitative estimate of drug-likeness (QED) is 0.800. The lowest BCUT2D eigenvalue weighted by Crippen LogP contribution is -2.49. The molecule has 5 nitrogen and oxygen atoms in total. The van der Waals surface area contributed by atoms with Crippen LogP contribution in [0.25, 0.3) is 0 Å². The molecular weight excluding hydrogens is 274 g/mol. The zero-order chi connectivity index (χ0) is 14.5. The van der Waals surface area contributed by atoms with E-state index in [1.165, 1.54) is 0 Å². The topological polar surface area (TPSA) is 58.8 Å². The molecule has 1 aliphatic heterocycles. The van der Waals surface area contributed by atoms with Gasteiger partial charge in [0.25, 0.3) is 0 Å². The third kappa shape index (κ3) is 3.91. The number of thiocarbonyl (C=S) groups is 1. The molecule has 20 heavy (non-hydrogen) atoms. The second-order valence-corrected chi connectivity index (χ2v) is 5.27. The first-order valence-corrected chi connectivity index (χ1v) is 6.96. The summed E-state index contributed by atoms with van der Waals surface area (Å²) in [4.78, 5) is 15.8. The Bertz CT molecular complexity index is 507. The van der Waals surface area contributed by atoms with Crippen LogP contribution in [-0.2, 0) is 4.79 Å². The SMILES string of the molecule is CN1CCN(CCOc2cccc(C(N)=S)c2)CC1=O. The third-order valence-electron chi connectivity index (χ3n) is 3.33. The van der Waals surface area contributed by atoms with E-state index in [1.54, 1.807) is 4.90 Å². The van der Waals surface area contributed by atoms with Crippen LogP contribution >= 0.6 is 12.2 Å². The number of nitrogens with two attached hydrogens (primary N) is 1. The largest absolute Gasteiger partial charge is 0.492 e. The van der Waals surface area contributed by atoms with Gasteiger partial charge in [-0.2, -0.15) is 0 Å². The van der Waals surface area contributed by atoms with Crippen molar-refractivity contribution in [2.75, 3.05) is 39.8 Å². The van der Waals surface area contributed by atoms with Crippen molar-refractivity contribution in [1.29, 1.82) is 0 Å². The van der Waals surface area contributed by atoms with Gasteiger partial charge < -0.3 is 15.4 Å². The molecule has 0 aliphatic carbocycles. The number of likely N-dealkylation sites (N-methyl/N-ethyl adjacent to an activating group) is 1. The van der Waals surface area contributed by atoms with Crippen LogP contribution in [0.15, 0.2) is 24.3 Å². The maximum absolute atomic E-state index is 11.6. The summed E-state index contributed by atoms with van der Waals surface area (Å²) in [5.74, 6) is 0.905. The fraction of sp³-hybridized carbons (Fsp3) is 0.429. The van der Waals surface area contributed by atoms with Crippen LogP contribution in [0, 0.1) is 0 Å². The highest BCUT2D eigenvalue weighted by Gasteiger charge is 2.20. The van der Waals surface area contributed by atoms with E-state index >= 15 is 0 Å². The number of carbonyl (C=O) groups excluding carboxylic acids is 1. The van der Waals surface area contributed by atoms with E-state index in [0.717, 1.165) is 30.9 Å². The van der Waals surface area contributed by atoms with Crippen molar-refractivity contribution >= 4 is 23.1 Å². The minimum atomic E-state index is 0.159. The number of piperazine rings is 1. The molecule has 2 N–H and O–H groups in total. The number of benzene rings is 1. The lowest BCUT2D eigenvalue weighted by molar-refractivity contribution is -0.134. The summed E-state index contributed by atoms with van der Waals surface area (Å²) in [6.07, 6.45) is 0. The Labute approximate surface area is 124 Å². The molecule has 1 fully saturated rings. The summed E-state index contributed by atoms with van der Waals surface area (Å²) >= 11 is 4.93. The number of hydrogen-bond donors (Lipinski definition) is 1. The summed E-state index contributed by atoms with van der Waals surface area (Å²) in [6.45, 7) is 3.40. The van der Waals surface area contributed by atoms with Crippen LogP contribution in [0.3, 0.4) is 0 Å². The second kappa shape index (κ2) is 6.67. The number of amides is 1. The van der Waals surface area contributed by atoms with Crippen molar-refractivity contribution < 1.29 is 9.53 Å². The third-order valence-corrected chi connectivity index (χ3v) is 3.57. The number of rotatable bonds is 5. The molecule has 1 aliphatic rings. The van der Waals surface area contributed by atoms with Gasteiger partial charge in [0, 0.05) is 32.2 Å². The van der Waals surface area contributed by atoms with Gasteiger partial charge in [0.2, 0.25) is 5.91 Å². The highest BCUT2D eigenvalue weighted by Crippen LogP contribution is 2.13. The van der Waals surface area contributed by atoms with Crippen molar-refractivity contribution in [3.63, 3.8) is 0 Å². The first-order valence-electron chi connectivity index (χ1n) is 6.55. The van der Waals surface area contributed by atoms with Crippen LogP contribution in [0.5, 0.6) is 5.75 Å². The Morgan fingerprint density at radius 2 is 2.25 bits per heavy atom. The van der Waals surface area contributed by atoms with E-state index in [9.17, 15) is 4.79 Å². The zero-order valence-electron chi connectivity index (χ0n) is 11.5. The lowest BCUT2D eigenvalue weighted by atomic mass is 10.2. The molecule has 1 aromatic carbocycles. The monoisotopic (exact) mass is 293 g/mol. The lowest BCUT2D eigenvalue weighted by Gasteiger charge is -2.31. The van der Waals surface area contributed by atoms with Gasteiger partial charge in [-0.25, -0.2) is 0 Å². The average molecular weight is 293 g/mol. The molecule has 6 heteroatoms. The summed E-state index contributed by atoms with van der Waals surface area (Å²) in [6, 6.07) is 7.42. The van der Waals surface area contributed by atoms with Gasteiger partial charge in [0.05, 0.1) is 6.54 Å². The fourth-order valence-electron chi connectivity index (χ4n) is 2.03. The van der Waals surface area contributed by atoms with Crippen molar-refractivity contribution in [3.05, 3.63) is 29.8 Å². The van der Waals surface area contributed by atoms with Gasteiger partial charge >= 0.3 is 0 Å². The fourth-order valence-corrected chi connectivity index (χ4v) is 2.16. The van der Waals surface area contributed by atoms with Crippen molar-refractivity contribution in [3.8, 4) is 5.75 Å². The maximum Gasteiger partial charge on any atom is 0.236 e. The Kier molecular flexibility index (Phi) is 4.92. The van der Waals surface area contributed by atoms with Crippen molar-refractivity contribution in [2.24, 2.45) is 5.73 Å². The molecule has 2 rings (SSSR count). The summed E-state index contributed by atoms with van der Waals surface area (Å²) in [5.41, 5.74) is 6.38. The van der Waals surface area contributed by atoms with Crippen LogP contribution in [-0.4, -0.2) is 60.5 Å². The molecule has 1 aromatic rings. The molecule has 108 valence electrons. The van der Waals surface area contributed by atoms with Gasteiger partial charge in [0.1, 0.15) is 17.3 Å². The molecule has 0 saturated carbocycles. The number of nitrogens with zero attached hydrogens (tertiary/aromatic N) is 2. The Morgan fingerprint density at radius 3 is 2.95 bits per heavy atom. The van der Waals surface area contributed by atoms with Gasteiger partial charge in [-0.15, -0.1) is 0 Å². The summed E-state index contributed by atoms with van der Waals surface area (Å²) in [7, 11) is 1.83. The maximum atomic E-state index is 11.6. The Hall–Kier alpha value is -1.66. The average Bonchev–Trinajstić information content (AvgIpc) is 2.43. The highest BCUT2D eigenvalue weighted by atomic mass is 32.1. The Balaban J connectivity index is 1.80. The molecule has 0 spiro atoms. The highest BCUT2D eigenvalue weighted by molar-refractivity contribution is 7.80. The van der Waals surface area contributed by atoms with Crippen LogP contribution in [0.2, 0.25) is 0 Å². The van der Waals surface area contributed by atoms with Gasteiger partial charge in [-0.3, -0.25) is 9.69 Å². The Morgan fingerprint density at radius 1 is 1.45 bits per heavy atom. The first-order chi connectivity index (χ1) is 9.56. The summed E-state index contributed by atoms with van der Waals surface area (Å²) < 4.78 is 5.68. The van der Waals surface area contributed by atoms with E-state index in [0.29, 0.717) is 18.1 Å². The molecule has 0 aromatic heterocycles. The molecule has 1 heterocycles. The standard InChI is InChI=1S/C14H19N3O2S/c1-16-5-6-17(10-13(16)18)7-8-19-12-4-2-3-11(9-12)14(15)20/h2-4,9H,5-8,10H2,1H3,(H2,15,20). The van der Waals surface area contributed by atoms with E-state index < -0.39 is 0 Å². The van der Waals surface area contributed by atoms with E-state index in [-0.39, 0.29) is 5.91 Å². The molecule has 0 radical (unpaired) electrons. The number of ether oxygens (including phenoxy) is 1. The molecule has 0 unspecified atom stereocenters. The molecular formula is C14H19N3O2S. The smallest absolute Gasteiger partial charge is 0.236 e. The number of carbonyl (C=O) groups is 1. The second-order valence-electron chi connectivity index (χ2n) is 4.83. The van der Waals surface area contributed by atoms with E-state index in [1.807, 2.05) is 31.3 Å². The predicted octanol–water partition coefficient (Wildman–Crippen LogP) is 0.474. The molecule has 1 saturated heterocycles. The van der Waals surface area contributed by atoms with Crippen molar-refractivity contribution in [2.45, 2.75) is 0 Å². The van der Waals surface area contributed by atoms with Crippen LogP contribution in [0.1, 0.15) is 5.56 Å². The molecule has 1 amide bonds. The minimum absolute atomic E-state index is 0.159. The van der Waals surface area contributed by atoms with Gasteiger partial charge in [-0.05, 0) is 12.1 Å². The number of hydrogen-bond acceptors (Lipinski definition) is 4. The first kappa shape index (κ1) is 14.7. The summed E-state index contributed by atoms with van der Waals surface area (Å²) in [5, 5.41) is 0. The molecule has 0 bridgehead atoms. The minimum Gasteiger partial charge on any atom is -0.492 e. The van der Waals surface area contributed by atoms with Crippen LogP contribution < -0.4 is 10.5 Å². The van der Waals surface area contributed by atoms with E-state index in [4.69, 9.17) is 22.7 Å².